The maximum absolute atomic E-state index is 11.8. The number of carbonyl (C=O) groups excluding carboxylic acids is 1. The number of nitrogens with zero attached hydrogens (tertiary/aromatic N) is 2. The first-order valence-corrected chi connectivity index (χ1v) is 8.04. The predicted molar refractivity (Wildman–Crippen MR) is 99.4 cm³/mol. The third-order valence-electron chi connectivity index (χ3n) is 3.95. The van der Waals surface area contributed by atoms with Crippen LogP contribution >= 0.6 is 0 Å². The molecule has 0 spiro atoms. The highest BCUT2D eigenvalue weighted by Gasteiger charge is 2.18. The molecule has 0 radical (unpaired) electrons. The molecule has 2 N–H and O–H groups in total. The van der Waals surface area contributed by atoms with E-state index in [2.05, 4.69) is 6.58 Å². The van der Waals surface area contributed by atoms with Gasteiger partial charge in [-0.3, -0.25) is 14.9 Å². The van der Waals surface area contributed by atoms with Crippen LogP contribution in [-0.2, 0) is 0 Å². The molecular weight excluding hydrogens is 336 g/mol. The van der Waals surface area contributed by atoms with E-state index in [0.29, 0.717) is 29.8 Å². The number of hydrogen-bond acceptors (Lipinski definition) is 6. The zero-order chi connectivity index (χ0) is 19.1. The average molecular weight is 356 g/mol. The van der Waals surface area contributed by atoms with Gasteiger partial charge in [-0.05, 0) is 35.9 Å². The highest BCUT2D eigenvalue weighted by Crippen LogP contribution is 2.32. The lowest BCUT2D eigenvalue weighted by atomic mass is 9.99. The van der Waals surface area contributed by atoms with Gasteiger partial charge < -0.3 is 15.1 Å². The van der Waals surface area contributed by atoms with Crippen LogP contribution in [0.4, 0.5) is 11.4 Å². The third-order valence-corrected chi connectivity index (χ3v) is 3.95. The molecule has 0 amide bonds. The SMILES string of the molecule is C=CC(=O)c1ccc([N+](=O)[O-])c(-c2ccc(N(CCO)CCO)cc2)c1. The van der Waals surface area contributed by atoms with Crippen molar-refractivity contribution < 1.29 is 19.9 Å². The molecule has 0 bridgehead atoms. The zero-order valence-corrected chi connectivity index (χ0v) is 14.2. The monoisotopic (exact) mass is 356 g/mol. The maximum Gasteiger partial charge on any atom is 0.277 e. The van der Waals surface area contributed by atoms with E-state index >= 15 is 0 Å². The molecule has 7 nitrogen and oxygen atoms in total. The Balaban J connectivity index is 2.45. The highest BCUT2D eigenvalue weighted by atomic mass is 16.6. The van der Waals surface area contributed by atoms with Gasteiger partial charge in [0.15, 0.2) is 5.78 Å². The summed E-state index contributed by atoms with van der Waals surface area (Å²) in [6.45, 7) is 4.05. The largest absolute Gasteiger partial charge is 0.395 e. The first-order valence-electron chi connectivity index (χ1n) is 8.04. The van der Waals surface area contributed by atoms with E-state index in [9.17, 15) is 14.9 Å². The molecule has 0 aliphatic heterocycles. The normalized spacial score (nSPS) is 10.4. The Hall–Kier alpha value is -3.03. The molecule has 7 heteroatoms. The number of nitro groups is 1. The Morgan fingerprint density at radius 2 is 1.73 bits per heavy atom. The molecular formula is C19H20N2O5. The van der Waals surface area contributed by atoms with E-state index in [-0.39, 0.29) is 24.7 Å². The second-order valence-electron chi connectivity index (χ2n) is 5.54. The van der Waals surface area contributed by atoms with E-state index in [1.807, 2.05) is 0 Å². The van der Waals surface area contributed by atoms with Gasteiger partial charge in [0.1, 0.15) is 0 Å². The standard InChI is InChI=1S/C19H20N2O5/c1-2-19(24)15-5-8-18(21(25)26)17(13-15)14-3-6-16(7-4-14)20(9-11-22)10-12-23/h2-8,13,22-23H,1,9-12H2. The minimum atomic E-state index is -0.491. The van der Waals surface area contributed by atoms with Crippen molar-refractivity contribution >= 4 is 17.2 Å². The van der Waals surface area contributed by atoms with Crippen LogP contribution in [0.25, 0.3) is 11.1 Å². The number of ketones is 1. The molecule has 0 aliphatic carbocycles. The Morgan fingerprint density at radius 1 is 1.12 bits per heavy atom. The number of benzene rings is 2. The van der Waals surface area contributed by atoms with E-state index in [1.165, 1.54) is 18.2 Å². The topological polar surface area (TPSA) is 104 Å². The van der Waals surface area contributed by atoms with Crippen molar-refractivity contribution in [3.8, 4) is 11.1 Å². The van der Waals surface area contributed by atoms with Crippen molar-refractivity contribution in [2.24, 2.45) is 0 Å². The molecule has 0 heterocycles. The number of allylic oxidation sites excluding steroid dienone is 1. The number of hydrogen-bond donors (Lipinski definition) is 2. The second kappa shape index (κ2) is 8.89. The van der Waals surface area contributed by atoms with Gasteiger partial charge in [-0.1, -0.05) is 18.7 Å². The second-order valence-corrected chi connectivity index (χ2v) is 5.54. The molecule has 0 saturated heterocycles. The molecule has 2 rings (SSSR count). The van der Waals surface area contributed by atoms with Crippen LogP contribution in [0, 0.1) is 10.1 Å². The number of aliphatic hydroxyl groups excluding tert-OH is 2. The summed E-state index contributed by atoms with van der Waals surface area (Å²) in [6.07, 6.45) is 1.16. The Kier molecular flexibility index (Phi) is 6.60. The van der Waals surface area contributed by atoms with Crippen molar-refractivity contribution in [3.63, 3.8) is 0 Å². The van der Waals surface area contributed by atoms with Crippen molar-refractivity contribution in [1.82, 2.24) is 0 Å². The van der Waals surface area contributed by atoms with Crippen molar-refractivity contribution in [2.45, 2.75) is 0 Å². The fourth-order valence-electron chi connectivity index (χ4n) is 2.66. The lowest BCUT2D eigenvalue weighted by Crippen LogP contribution is -2.29. The predicted octanol–water partition coefficient (Wildman–Crippen LogP) is 2.42. The van der Waals surface area contributed by atoms with E-state index in [1.54, 1.807) is 29.2 Å². The fraction of sp³-hybridized carbons (Fsp3) is 0.211. The minimum Gasteiger partial charge on any atom is -0.395 e. The summed E-state index contributed by atoms with van der Waals surface area (Å²) in [5.41, 5.74) is 1.93. The first-order chi connectivity index (χ1) is 12.5. The maximum atomic E-state index is 11.8. The van der Waals surface area contributed by atoms with E-state index in [0.717, 1.165) is 11.8 Å². The summed E-state index contributed by atoms with van der Waals surface area (Å²) in [5.74, 6) is -0.310. The van der Waals surface area contributed by atoms with Crippen molar-refractivity contribution in [2.75, 3.05) is 31.2 Å². The summed E-state index contributed by atoms with van der Waals surface area (Å²) in [7, 11) is 0. The lowest BCUT2D eigenvalue weighted by molar-refractivity contribution is -0.384. The summed E-state index contributed by atoms with van der Waals surface area (Å²) in [4.78, 5) is 24.5. The number of anilines is 1. The average Bonchev–Trinajstić information content (AvgIpc) is 2.66. The van der Waals surface area contributed by atoms with Crippen LogP contribution in [0.15, 0.2) is 55.1 Å². The summed E-state index contributed by atoms with van der Waals surface area (Å²) in [6, 6.07) is 11.1. The number of rotatable bonds is 9. The quantitative estimate of drug-likeness (QED) is 0.309. The van der Waals surface area contributed by atoms with Crippen LogP contribution in [0.2, 0.25) is 0 Å². The summed E-state index contributed by atoms with van der Waals surface area (Å²) < 4.78 is 0. The van der Waals surface area contributed by atoms with Gasteiger partial charge in [-0.2, -0.15) is 0 Å². The van der Waals surface area contributed by atoms with Gasteiger partial charge >= 0.3 is 0 Å². The third kappa shape index (κ3) is 4.33. The Morgan fingerprint density at radius 3 is 2.23 bits per heavy atom. The zero-order valence-electron chi connectivity index (χ0n) is 14.2. The molecule has 0 atom stereocenters. The Bertz CT molecular complexity index is 796. The highest BCUT2D eigenvalue weighted by molar-refractivity contribution is 6.05. The van der Waals surface area contributed by atoms with Crippen LogP contribution in [0.3, 0.4) is 0 Å². The van der Waals surface area contributed by atoms with E-state index in [4.69, 9.17) is 10.2 Å². The van der Waals surface area contributed by atoms with Crippen LogP contribution in [-0.4, -0.2) is 47.2 Å². The number of carbonyl (C=O) groups is 1. The van der Waals surface area contributed by atoms with Gasteiger partial charge in [0.05, 0.1) is 23.7 Å². The van der Waals surface area contributed by atoms with Crippen molar-refractivity contribution in [1.29, 1.82) is 0 Å². The van der Waals surface area contributed by atoms with Gasteiger partial charge in [-0.15, -0.1) is 0 Å². The smallest absolute Gasteiger partial charge is 0.277 e. The summed E-state index contributed by atoms with van der Waals surface area (Å²) >= 11 is 0. The van der Waals surface area contributed by atoms with Gasteiger partial charge in [0.2, 0.25) is 0 Å². The van der Waals surface area contributed by atoms with Gasteiger partial charge in [0.25, 0.3) is 5.69 Å². The molecule has 0 unspecified atom stereocenters. The molecule has 0 aliphatic rings. The van der Waals surface area contributed by atoms with Crippen molar-refractivity contribution in [3.05, 3.63) is 70.8 Å². The molecule has 2 aromatic carbocycles. The lowest BCUT2D eigenvalue weighted by Gasteiger charge is -2.23. The van der Waals surface area contributed by atoms with Gasteiger partial charge in [0, 0.05) is 30.4 Å². The molecule has 2 aromatic rings. The summed E-state index contributed by atoms with van der Waals surface area (Å²) in [5, 5.41) is 29.6. The Labute approximate surface area is 151 Å². The number of nitro benzene ring substituents is 1. The molecule has 26 heavy (non-hydrogen) atoms. The molecule has 136 valence electrons. The fourth-order valence-corrected chi connectivity index (χ4v) is 2.66. The molecule has 0 saturated carbocycles. The minimum absolute atomic E-state index is 0.0566. The first kappa shape index (κ1) is 19.3. The van der Waals surface area contributed by atoms with E-state index < -0.39 is 4.92 Å². The number of aliphatic hydroxyl groups is 2. The van der Waals surface area contributed by atoms with Crippen LogP contribution < -0.4 is 4.90 Å². The molecule has 0 aromatic heterocycles. The van der Waals surface area contributed by atoms with Gasteiger partial charge in [-0.25, -0.2) is 0 Å². The molecule has 0 fully saturated rings. The van der Waals surface area contributed by atoms with Crippen LogP contribution in [0.1, 0.15) is 10.4 Å². The van der Waals surface area contributed by atoms with Crippen LogP contribution in [0.5, 0.6) is 0 Å².